The van der Waals surface area contributed by atoms with Gasteiger partial charge in [-0.2, -0.15) is 0 Å². The van der Waals surface area contributed by atoms with Gasteiger partial charge in [-0.15, -0.1) is 10.2 Å². The Morgan fingerprint density at radius 3 is 2.68 bits per heavy atom. The summed E-state index contributed by atoms with van der Waals surface area (Å²) in [6.07, 6.45) is 0.608. The van der Waals surface area contributed by atoms with Crippen LogP contribution in [0.3, 0.4) is 0 Å². The van der Waals surface area contributed by atoms with Gasteiger partial charge < -0.3 is 11.2 Å². The second kappa shape index (κ2) is 8.29. The lowest BCUT2D eigenvalue weighted by molar-refractivity contribution is -0.118. The Hall–Kier alpha value is -1.44. The van der Waals surface area contributed by atoms with Gasteiger partial charge in [0, 0.05) is 12.0 Å². The number of halogens is 2. The Kier molecular flexibility index (Phi) is 6.59. The highest BCUT2D eigenvalue weighted by atomic mass is 35.5. The van der Waals surface area contributed by atoms with Crippen molar-refractivity contribution < 1.29 is 4.79 Å². The van der Waals surface area contributed by atoms with Crippen LogP contribution in [0.1, 0.15) is 32.2 Å². The molecule has 2 rings (SSSR count). The number of amides is 1. The van der Waals surface area contributed by atoms with Crippen molar-refractivity contribution in [2.75, 3.05) is 18.1 Å². The number of nitrogens with two attached hydrogens (primary N) is 1. The standard InChI is InChI=1S/C16H21Cl2N5OS/c1-16(2,3)14-21-22-15(23(14)19)25-9-12(24)20-8-7-10-5-4-6-11(17)13(10)18/h4-6H,7-9,19H2,1-3H3,(H,20,24). The predicted molar refractivity (Wildman–Crippen MR) is 103 cm³/mol. The number of carbonyl (C=O) groups excluding carboxylic acids is 1. The van der Waals surface area contributed by atoms with Crippen molar-refractivity contribution in [3.63, 3.8) is 0 Å². The summed E-state index contributed by atoms with van der Waals surface area (Å²) in [4.78, 5) is 12.0. The van der Waals surface area contributed by atoms with Crippen molar-refractivity contribution in [2.45, 2.75) is 37.8 Å². The van der Waals surface area contributed by atoms with Gasteiger partial charge in [0.05, 0.1) is 15.8 Å². The van der Waals surface area contributed by atoms with Crippen LogP contribution in [-0.2, 0) is 16.6 Å². The van der Waals surface area contributed by atoms with Gasteiger partial charge in [0.1, 0.15) is 0 Å². The molecule has 1 aromatic carbocycles. The molecule has 0 aliphatic carbocycles. The van der Waals surface area contributed by atoms with Crippen molar-refractivity contribution in [3.8, 4) is 0 Å². The molecule has 9 heteroatoms. The molecule has 0 unspecified atom stereocenters. The van der Waals surface area contributed by atoms with E-state index in [1.807, 2.05) is 32.9 Å². The van der Waals surface area contributed by atoms with Gasteiger partial charge in [-0.25, -0.2) is 4.68 Å². The third-order valence-electron chi connectivity index (χ3n) is 3.42. The molecule has 0 aliphatic rings. The molecule has 0 aliphatic heterocycles. The molecule has 6 nitrogen and oxygen atoms in total. The van der Waals surface area contributed by atoms with Gasteiger partial charge in [-0.05, 0) is 18.1 Å². The minimum absolute atomic E-state index is 0.108. The summed E-state index contributed by atoms with van der Waals surface area (Å²) >= 11 is 13.3. The topological polar surface area (TPSA) is 85.8 Å². The van der Waals surface area contributed by atoms with Crippen molar-refractivity contribution in [2.24, 2.45) is 0 Å². The molecule has 1 heterocycles. The Morgan fingerprint density at radius 2 is 2.04 bits per heavy atom. The van der Waals surface area contributed by atoms with Crippen LogP contribution in [0.15, 0.2) is 23.4 Å². The maximum atomic E-state index is 12.0. The molecule has 25 heavy (non-hydrogen) atoms. The SMILES string of the molecule is CC(C)(C)c1nnc(SCC(=O)NCCc2cccc(Cl)c2Cl)n1N. The highest BCUT2D eigenvalue weighted by Gasteiger charge is 2.23. The molecule has 0 saturated carbocycles. The fourth-order valence-electron chi connectivity index (χ4n) is 2.15. The van der Waals surface area contributed by atoms with Crippen molar-refractivity contribution in [1.29, 1.82) is 0 Å². The van der Waals surface area contributed by atoms with Crippen LogP contribution >= 0.6 is 35.0 Å². The van der Waals surface area contributed by atoms with Gasteiger partial charge in [0.15, 0.2) is 5.82 Å². The number of nitrogens with one attached hydrogen (secondary N) is 1. The van der Waals surface area contributed by atoms with Crippen molar-refractivity contribution in [1.82, 2.24) is 20.2 Å². The maximum absolute atomic E-state index is 12.0. The number of nitrogens with zero attached hydrogens (tertiary/aromatic N) is 3. The maximum Gasteiger partial charge on any atom is 0.230 e. The number of nitrogen functional groups attached to an aromatic ring is 1. The van der Waals surface area contributed by atoms with E-state index in [4.69, 9.17) is 29.0 Å². The van der Waals surface area contributed by atoms with E-state index >= 15 is 0 Å². The third kappa shape index (κ3) is 5.26. The van der Waals surface area contributed by atoms with Crippen LogP contribution in [0.25, 0.3) is 0 Å². The minimum Gasteiger partial charge on any atom is -0.355 e. The second-order valence-corrected chi connectivity index (χ2v) is 8.26. The summed E-state index contributed by atoms with van der Waals surface area (Å²) in [5.74, 6) is 6.77. The lowest BCUT2D eigenvalue weighted by Crippen LogP contribution is -2.28. The average Bonchev–Trinajstić information content (AvgIpc) is 2.90. The molecule has 0 radical (unpaired) electrons. The zero-order valence-electron chi connectivity index (χ0n) is 14.3. The zero-order valence-corrected chi connectivity index (χ0v) is 16.7. The quantitative estimate of drug-likeness (QED) is 0.573. The van der Waals surface area contributed by atoms with Gasteiger partial charge in [-0.1, -0.05) is 67.9 Å². The molecule has 0 fully saturated rings. The highest BCUT2D eigenvalue weighted by molar-refractivity contribution is 7.99. The molecule has 1 aromatic heterocycles. The fourth-order valence-corrected chi connectivity index (χ4v) is 3.25. The van der Waals surface area contributed by atoms with E-state index < -0.39 is 0 Å². The van der Waals surface area contributed by atoms with Crippen molar-refractivity contribution >= 4 is 40.9 Å². The molecule has 136 valence electrons. The monoisotopic (exact) mass is 401 g/mol. The first-order chi connectivity index (χ1) is 11.7. The number of carbonyl (C=O) groups is 1. The Bertz CT molecular complexity index is 757. The molecular weight excluding hydrogens is 381 g/mol. The van der Waals surface area contributed by atoms with Crippen LogP contribution in [0, 0.1) is 0 Å². The Balaban J connectivity index is 1.82. The van der Waals surface area contributed by atoms with Gasteiger partial charge in [0.2, 0.25) is 11.1 Å². The van der Waals surface area contributed by atoms with Crippen LogP contribution in [0.5, 0.6) is 0 Å². The molecule has 2 aromatic rings. The second-order valence-electron chi connectivity index (χ2n) is 6.53. The lowest BCUT2D eigenvalue weighted by atomic mass is 9.96. The molecular formula is C16H21Cl2N5OS. The third-order valence-corrected chi connectivity index (χ3v) is 5.22. The molecule has 0 saturated heterocycles. The first-order valence-corrected chi connectivity index (χ1v) is 9.47. The number of benzene rings is 1. The first kappa shape index (κ1) is 19.9. The van der Waals surface area contributed by atoms with E-state index in [2.05, 4.69) is 15.5 Å². The number of hydrogen-bond donors (Lipinski definition) is 2. The molecule has 3 N–H and O–H groups in total. The predicted octanol–water partition coefficient (Wildman–Crippen LogP) is 3.05. The Labute approximate surface area is 161 Å². The van der Waals surface area contributed by atoms with Crippen LogP contribution in [0.2, 0.25) is 10.0 Å². The molecule has 1 amide bonds. The van der Waals surface area contributed by atoms with E-state index in [0.717, 1.165) is 5.56 Å². The van der Waals surface area contributed by atoms with Gasteiger partial charge in [-0.3, -0.25) is 4.79 Å². The summed E-state index contributed by atoms with van der Waals surface area (Å²) in [5.41, 5.74) is 0.692. The summed E-state index contributed by atoms with van der Waals surface area (Å²) in [7, 11) is 0. The van der Waals surface area contributed by atoms with Gasteiger partial charge >= 0.3 is 0 Å². The highest BCUT2D eigenvalue weighted by Crippen LogP contribution is 2.25. The van der Waals surface area contributed by atoms with E-state index in [1.165, 1.54) is 16.4 Å². The number of hydrogen-bond acceptors (Lipinski definition) is 5. The number of rotatable bonds is 6. The van der Waals surface area contributed by atoms with Crippen LogP contribution in [0.4, 0.5) is 0 Å². The molecule has 0 spiro atoms. The summed E-state index contributed by atoms with van der Waals surface area (Å²) in [5, 5.41) is 12.5. The smallest absolute Gasteiger partial charge is 0.230 e. The van der Waals surface area contributed by atoms with E-state index in [1.54, 1.807) is 6.07 Å². The van der Waals surface area contributed by atoms with E-state index in [0.29, 0.717) is 34.0 Å². The van der Waals surface area contributed by atoms with Crippen LogP contribution in [-0.4, -0.2) is 33.1 Å². The molecule has 0 bridgehead atoms. The number of aromatic nitrogens is 3. The molecule has 0 atom stereocenters. The fraction of sp³-hybridized carbons (Fsp3) is 0.438. The van der Waals surface area contributed by atoms with E-state index in [-0.39, 0.29) is 17.1 Å². The largest absolute Gasteiger partial charge is 0.355 e. The Morgan fingerprint density at radius 1 is 1.32 bits per heavy atom. The normalized spacial score (nSPS) is 11.6. The summed E-state index contributed by atoms with van der Waals surface area (Å²) < 4.78 is 1.43. The van der Waals surface area contributed by atoms with Crippen molar-refractivity contribution in [3.05, 3.63) is 39.6 Å². The lowest BCUT2D eigenvalue weighted by Gasteiger charge is -2.16. The summed E-state index contributed by atoms with van der Waals surface area (Å²) in [6, 6.07) is 5.46. The first-order valence-electron chi connectivity index (χ1n) is 7.73. The van der Waals surface area contributed by atoms with E-state index in [9.17, 15) is 4.79 Å². The minimum atomic E-state index is -0.209. The summed E-state index contributed by atoms with van der Waals surface area (Å²) in [6.45, 7) is 6.48. The zero-order chi connectivity index (χ0) is 18.6. The average molecular weight is 402 g/mol. The van der Waals surface area contributed by atoms with Crippen LogP contribution < -0.4 is 11.2 Å². The van der Waals surface area contributed by atoms with Gasteiger partial charge in [0.25, 0.3) is 0 Å². The number of thioether (sulfide) groups is 1.